The van der Waals surface area contributed by atoms with Crippen LogP contribution < -0.4 is 0 Å². The highest BCUT2D eigenvalue weighted by molar-refractivity contribution is 5.28. The normalized spacial score (nSPS) is 25.8. The Morgan fingerprint density at radius 3 is 1.94 bits per heavy atom. The van der Waals surface area contributed by atoms with E-state index in [0.29, 0.717) is 12.8 Å². The number of rotatable bonds is 1. The van der Waals surface area contributed by atoms with E-state index in [0.717, 1.165) is 5.56 Å². The third-order valence-electron chi connectivity index (χ3n) is 3.55. The van der Waals surface area contributed by atoms with Crippen molar-refractivity contribution < 1.29 is 18.3 Å². The summed E-state index contributed by atoms with van der Waals surface area (Å²) in [6.07, 6.45) is -2.45. The molecule has 0 spiro atoms. The lowest BCUT2D eigenvalue weighted by molar-refractivity contribution is -0.182. The van der Waals surface area contributed by atoms with Gasteiger partial charge in [-0.05, 0) is 49.3 Å². The summed E-state index contributed by atoms with van der Waals surface area (Å²) in [7, 11) is 0. The van der Waals surface area contributed by atoms with Crippen LogP contribution in [0.4, 0.5) is 13.2 Å². The van der Waals surface area contributed by atoms with E-state index in [-0.39, 0.29) is 24.5 Å². The van der Waals surface area contributed by atoms with Crippen molar-refractivity contribution in [2.24, 2.45) is 5.92 Å². The lowest BCUT2D eigenvalue weighted by Crippen LogP contribution is -2.27. The van der Waals surface area contributed by atoms with Gasteiger partial charge in [-0.3, -0.25) is 0 Å². The van der Waals surface area contributed by atoms with Gasteiger partial charge in [-0.15, -0.1) is 0 Å². The third kappa shape index (κ3) is 2.93. The van der Waals surface area contributed by atoms with Crippen LogP contribution in [0.2, 0.25) is 0 Å². The molecule has 1 N–H and O–H groups in total. The van der Waals surface area contributed by atoms with Crippen molar-refractivity contribution in [1.29, 1.82) is 0 Å². The summed E-state index contributed by atoms with van der Waals surface area (Å²) >= 11 is 0. The van der Waals surface area contributed by atoms with E-state index in [1.54, 1.807) is 24.3 Å². The standard InChI is InChI=1S/C13H15F3O/c14-13(15,16)11-5-1-9(2-6-11)10-3-7-12(17)8-4-10/h3-4,7-9,11,17H,1-2,5-6H2. The van der Waals surface area contributed by atoms with Crippen molar-refractivity contribution >= 4 is 0 Å². The zero-order valence-electron chi connectivity index (χ0n) is 9.37. The highest BCUT2D eigenvalue weighted by Crippen LogP contribution is 2.42. The number of phenols is 1. The molecule has 17 heavy (non-hydrogen) atoms. The molecule has 1 fully saturated rings. The minimum atomic E-state index is -4.04. The molecule has 0 aliphatic heterocycles. The zero-order valence-corrected chi connectivity index (χ0v) is 9.37. The lowest BCUT2D eigenvalue weighted by atomic mass is 9.78. The van der Waals surface area contributed by atoms with E-state index in [1.807, 2.05) is 0 Å². The Morgan fingerprint density at radius 2 is 1.47 bits per heavy atom. The fourth-order valence-electron chi connectivity index (χ4n) is 2.50. The Balaban J connectivity index is 1.97. The fraction of sp³-hybridized carbons (Fsp3) is 0.538. The van der Waals surface area contributed by atoms with Gasteiger partial charge in [-0.25, -0.2) is 0 Å². The molecule has 1 aromatic rings. The average Bonchev–Trinajstić information content (AvgIpc) is 2.29. The second-order valence-electron chi connectivity index (χ2n) is 4.68. The summed E-state index contributed by atoms with van der Waals surface area (Å²) in [5.74, 6) is -0.734. The van der Waals surface area contributed by atoms with E-state index < -0.39 is 12.1 Å². The van der Waals surface area contributed by atoms with Crippen molar-refractivity contribution in [3.8, 4) is 5.75 Å². The molecule has 1 saturated carbocycles. The largest absolute Gasteiger partial charge is 0.508 e. The van der Waals surface area contributed by atoms with Crippen LogP contribution in [0.25, 0.3) is 0 Å². The van der Waals surface area contributed by atoms with Crippen LogP contribution in [0.1, 0.15) is 37.2 Å². The van der Waals surface area contributed by atoms with Crippen LogP contribution in [0.5, 0.6) is 5.75 Å². The van der Waals surface area contributed by atoms with Gasteiger partial charge in [0, 0.05) is 0 Å². The molecule has 1 aliphatic rings. The molecular weight excluding hydrogens is 229 g/mol. The second-order valence-corrected chi connectivity index (χ2v) is 4.68. The molecule has 0 aromatic heterocycles. The Morgan fingerprint density at radius 1 is 0.941 bits per heavy atom. The summed E-state index contributed by atoms with van der Waals surface area (Å²) in [5, 5.41) is 9.16. The maximum absolute atomic E-state index is 12.5. The van der Waals surface area contributed by atoms with Crippen LogP contribution in [-0.2, 0) is 0 Å². The maximum Gasteiger partial charge on any atom is 0.391 e. The molecule has 0 unspecified atom stereocenters. The van der Waals surface area contributed by atoms with Gasteiger partial charge in [0.25, 0.3) is 0 Å². The predicted molar refractivity (Wildman–Crippen MR) is 58.9 cm³/mol. The smallest absolute Gasteiger partial charge is 0.391 e. The van der Waals surface area contributed by atoms with Crippen molar-refractivity contribution in [2.45, 2.75) is 37.8 Å². The highest BCUT2D eigenvalue weighted by Gasteiger charge is 2.41. The number of benzene rings is 1. The molecule has 0 heterocycles. The maximum atomic E-state index is 12.5. The van der Waals surface area contributed by atoms with Gasteiger partial charge in [0.2, 0.25) is 0 Å². The first-order valence-electron chi connectivity index (χ1n) is 5.82. The zero-order chi connectivity index (χ0) is 12.5. The predicted octanol–water partition coefficient (Wildman–Crippen LogP) is 4.23. The Hall–Kier alpha value is -1.19. The number of hydrogen-bond acceptors (Lipinski definition) is 1. The molecule has 0 atom stereocenters. The van der Waals surface area contributed by atoms with E-state index in [9.17, 15) is 13.2 Å². The van der Waals surface area contributed by atoms with Gasteiger partial charge < -0.3 is 5.11 Å². The Labute approximate surface area is 98.3 Å². The van der Waals surface area contributed by atoms with Crippen LogP contribution in [0.3, 0.4) is 0 Å². The van der Waals surface area contributed by atoms with Gasteiger partial charge in [-0.2, -0.15) is 13.2 Å². The quantitative estimate of drug-likeness (QED) is 0.783. The number of hydrogen-bond donors (Lipinski definition) is 1. The monoisotopic (exact) mass is 244 g/mol. The summed E-state index contributed by atoms with van der Waals surface area (Å²) in [6.45, 7) is 0. The van der Waals surface area contributed by atoms with E-state index in [2.05, 4.69) is 0 Å². The van der Waals surface area contributed by atoms with Gasteiger partial charge in [-0.1, -0.05) is 12.1 Å². The molecule has 0 radical (unpaired) electrons. The Bertz CT molecular complexity index is 361. The van der Waals surface area contributed by atoms with E-state index in [1.165, 1.54) is 0 Å². The van der Waals surface area contributed by atoms with Crippen LogP contribution in [0, 0.1) is 5.92 Å². The molecule has 94 valence electrons. The van der Waals surface area contributed by atoms with E-state index in [4.69, 9.17) is 5.11 Å². The van der Waals surface area contributed by atoms with Crippen LogP contribution in [-0.4, -0.2) is 11.3 Å². The van der Waals surface area contributed by atoms with Crippen LogP contribution in [0.15, 0.2) is 24.3 Å². The molecule has 0 saturated heterocycles. The molecule has 1 aromatic carbocycles. The topological polar surface area (TPSA) is 20.2 Å². The van der Waals surface area contributed by atoms with Crippen molar-refractivity contribution in [3.05, 3.63) is 29.8 Å². The molecule has 0 amide bonds. The minimum absolute atomic E-state index is 0.192. The molecule has 0 bridgehead atoms. The summed E-state index contributed by atoms with van der Waals surface area (Å²) < 4.78 is 37.5. The third-order valence-corrected chi connectivity index (χ3v) is 3.55. The molecule has 1 aliphatic carbocycles. The van der Waals surface area contributed by atoms with Crippen LogP contribution >= 0.6 is 0 Å². The summed E-state index contributed by atoms with van der Waals surface area (Å²) in [6, 6.07) is 6.78. The molecule has 2 rings (SSSR count). The number of halogens is 3. The first-order chi connectivity index (χ1) is 7.97. The lowest BCUT2D eigenvalue weighted by Gasteiger charge is -2.30. The summed E-state index contributed by atoms with van der Waals surface area (Å²) in [4.78, 5) is 0. The first kappa shape index (κ1) is 12.3. The highest BCUT2D eigenvalue weighted by atomic mass is 19.4. The fourth-order valence-corrected chi connectivity index (χ4v) is 2.50. The average molecular weight is 244 g/mol. The second kappa shape index (κ2) is 4.59. The van der Waals surface area contributed by atoms with Gasteiger partial charge in [0.05, 0.1) is 5.92 Å². The Kier molecular flexibility index (Phi) is 3.31. The minimum Gasteiger partial charge on any atom is -0.508 e. The summed E-state index contributed by atoms with van der Waals surface area (Å²) in [5.41, 5.74) is 1.03. The van der Waals surface area contributed by atoms with Gasteiger partial charge in [0.1, 0.15) is 5.75 Å². The number of aromatic hydroxyl groups is 1. The van der Waals surface area contributed by atoms with E-state index >= 15 is 0 Å². The number of phenolic OH excluding ortho intramolecular Hbond substituents is 1. The van der Waals surface area contributed by atoms with Crippen molar-refractivity contribution in [2.75, 3.05) is 0 Å². The van der Waals surface area contributed by atoms with Gasteiger partial charge >= 0.3 is 6.18 Å². The van der Waals surface area contributed by atoms with Crippen molar-refractivity contribution in [3.63, 3.8) is 0 Å². The van der Waals surface area contributed by atoms with Crippen molar-refractivity contribution in [1.82, 2.24) is 0 Å². The molecular formula is C13H15F3O. The molecule has 4 heteroatoms. The SMILES string of the molecule is Oc1ccc(C2CCC(C(F)(F)F)CC2)cc1. The first-order valence-corrected chi connectivity index (χ1v) is 5.82. The number of alkyl halides is 3. The molecule has 1 nitrogen and oxygen atoms in total. The van der Waals surface area contributed by atoms with Gasteiger partial charge in [0.15, 0.2) is 0 Å².